The van der Waals surface area contributed by atoms with Crippen LogP contribution < -0.4 is 0 Å². The van der Waals surface area contributed by atoms with E-state index in [0.717, 1.165) is 28.8 Å². The van der Waals surface area contributed by atoms with Gasteiger partial charge < -0.3 is 0 Å². The van der Waals surface area contributed by atoms with Crippen molar-refractivity contribution in [3.63, 3.8) is 0 Å². The molecular formula is C18H15F3. The Morgan fingerprint density at radius 2 is 1.62 bits per heavy atom. The van der Waals surface area contributed by atoms with Crippen molar-refractivity contribution in [2.45, 2.75) is 19.5 Å². The number of hydrogen-bond donors (Lipinski definition) is 0. The fourth-order valence-electron chi connectivity index (χ4n) is 2.07. The summed E-state index contributed by atoms with van der Waals surface area (Å²) in [5, 5.41) is 0. The van der Waals surface area contributed by atoms with Crippen molar-refractivity contribution < 1.29 is 13.2 Å². The van der Waals surface area contributed by atoms with Crippen molar-refractivity contribution in [2.24, 2.45) is 0 Å². The van der Waals surface area contributed by atoms with E-state index in [4.69, 9.17) is 0 Å². The minimum absolute atomic E-state index is 0.634. The smallest absolute Gasteiger partial charge is 0.166 e. The van der Waals surface area contributed by atoms with Crippen molar-refractivity contribution >= 4 is 5.57 Å². The van der Waals surface area contributed by atoms with Gasteiger partial charge in [0.25, 0.3) is 0 Å². The van der Waals surface area contributed by atoms with Gasteiger partial charge in [0.05, 0.1) is 5.56 Å². The Labute approximate surface area is 122 Å². The van der Waals surface area contributed by atoms with Gasteiger partial charge >= 0.3 is 6.18 Å². The molecule has 108 valence electrons. The lowest BCUT2D eigenvalue weighted by molar-refractivity contribution is -0.137. The lowest BCUT2D eigenvalue weighted by Crippen LogP contribution is -2.04. The zero-order valence-corrected chi connectivity index (χ0v) is 11.6. The minimum atomic E-state index is -4.30. The van der Waals surface area contributed by atoms with Gasteiger partial charge in [-0.15, -0.1) is 5.73 Å². The second kappa shape index (κ2) is 6.47. The number of benzene rings is 2. The maximum atomic E-state index is 12.6. The van der Waals surface area contributed by atoms with Gasteiger partial charge in [0.15, 0.2) is 0 Å². The van der Waals surface area contributed by atoms with Crippen LogP contribution in [-0.4, -0.2) is 0 Å². The first-order chi connectivity index (χ1) is 10.0. The van der Waals surface area contributed by atoms with E-state index in [1.165, 1.54) is 12.1 Å². The highest BCUT2D eigenvalue weighted by Gasteiger charge is 2.29. The van der Waals surface area contributed by atoms with Crippen LogP contribution in [-0.2, 0) is 12.6 Å². The Hall–Kier alpha value is -2.25. The highest BCUT2D eigenvalue weighted by atomic mass is 19.4. The van der Waals surface area contributed by atoms with Gasteiger partial charge in [-0.25, -0.2) is 0 Å². The van der Waals surface area contributed by atoms with Crippen LogP contribution in [0.1, 0.15) is 23.6 Å². The largest absolute Gasteiger partial charge is 0.416 e. The first-order valence-corrected chi connectivity index (χ1v) is 6.62. The molecule has 2 aromatic rings. The molecule has 2 aromatic carbocycles. The summed E-state index contributed by atoms with van der Waals surface area (Å²) in [4.78, 5) is 0. The molecular weight excluding hydrogens is 273 g/mol. The van der Waals surface area contributed by atoms with E-state index >= 15 is 0 Å². The summed E-state index contributed by atoms with van der Waals surface area (Å²) in [5.74, 6) is 0. The molecule has 0 saturated carbocycles. The van der Waals surface area contributed by atoms with Crippen molar-refractivity contribution in [2.75, 3.05) is 0 Å². The summed E-state index contributed by atoms with van der Waals surface area (Å²) in [6.07, 6.45) is -1.89. The molecule has 0 heterocycles. The van der Waals surface area contributed by atoms with E-state index in [-0.39, 0.29) is 0 Å². The van der Waals surface area contributed by atoms with Gasteiger partial charge in [0.1, 0.15) is 0 Å². The minimum Gasteiger partial charge on any atom is -0.166 e. The Morgan fingerprint density at radius 1 is 1.00 bits per heavy atom. The summed E-state index contributed by atoms with van der Waals surface area (Å²) in [5.41, 5.74) is 5.21. The third kappa shape index (κ3) is 4.11. The lowest BCUT2D eigenvalue weighted by atomic mass is 9.98. The average molecular weight is 288 g/mol. The van der Waals surface area contributed by atoms with Crippen LogP contribution in [0.3, 0.4) is 0 Å². The van der Waals surface area contributed by atoms with E-state index in [1.54, 1.807) is 6.08 Å². The first-order valence-electron chi connectivity index (χ1n) is 6.62. The summed E-state index contributed by atoms with van der Waals surface area (Å²) >= 11 is 0. The molecule has 0 saturated heterocycles. The standard InChI is InChI=1S/C18H15F3/c1-2-6-16(13-14-7-4-3-5-8-14)15-9-11-17(12-10-15)18(19,20)21/h2-5,7-12H,13H2,1H3. The van der Waals surface area contributed by atoms with Crippen LogP contribution in [0, 0.1) is 0 Å². The normalized spacial score (nSPS) is 10.9. The first kappa shape index (κ1) is 15.1. The Kier molecular flexibility index (Phi) is 4.66. The quantitative estimate of drug-likeness (QED) is 0.654. The molecule has 2 rings (SSSR count). The SMILES string of the molecule is CC=C=C(Cc1ccccc1)c1ccc(C(F)(F)F)cc1. The Morgan fingerprint density at radius 3 is 2.14 bits per heavy atom. The van der Waals surface area contributed by atoms with Gasteiger partial charge in [-0.2, -0.15) is 13.2 Å². The molecule has 0 aliphatic rings. The molecule has 21 heavy (non-hydrogen) atoms. The number of hydrogen-bond acceptors (Lipinski definition) is 0. The van der Waals surface area contributed by atoms with Crippen molar-refractivity contribution in [1.29, 1.82) is 0 Å². The van der Waals surface area contributed by atoms with E-state index in [1.807, 2.05) is 37.3 Å². The van der Waals surface area contributed by atoms with Crippen LogP contribution >= 0.6 is 0 Å². The van der Waals surface area contributed by atoms with Gasteiger partial charge in [-0.1, -0.05) is 42.5 Å². The second-order valence-corrected chi connectivity index (χ2v) is 4.65. The van der Waals surface area contributed by atoms with Crippen molar-refractivity contribution in [1.82, 2.24) is 0 Å². The molecule has 0 aliphatic carbocycles. The summed E-state index contributed by atoms with van der Waals surface area (Å²) in [7, 11) is 0. The number of rotatable bonds is 3. The van der Waals surface area contributed by atoms with Crippen LogP contribution in [0.2, 0.25) is 0 Å². The zero-order valence-electron chi connectivity index (χ0n) is 11.6. The molecule has 0 radical (unpaired) electrons. The topological polar surface area (TPSA) is 0 Å². The fraction of sp³-hybridized carbons (Fsp3) is 0.167. The number of allylic oxidation sites excluding steroid dienone is 1. The second-order valence-electron chi connectivity index (χ2n) is 4.65. The van der Waals surface area contributed by atoms with E-state index in [2.05, 4.69) is 5.73 Å². The third-order valence-corrected chi connectivity index (χ3v) is 3.10. The molecule has 0 aliphatic heterocycles. The maximum Gasteiger partial charge on any atom is 0.416 e. The van der Waals surface area contributed by atoms with Crippen molar-refractivity contribution in [3.05, 3.63) is 83.1 Å². The van der Waals surface area contributed by atoms with E-state index in [0.29, 0.717) is 6.42 Å². The monoisotopic (exact) mass is 288 g/mol. The van der Waals surface area contributed by atoms with E-state index in [9.17, 15) is 13.2 Å². The van der Waals surface area contributed by atoms with Gasteiger partial charge in [-0.05, 0) is 36.3 Å². The van der Waals surface area contributed by atoms with Crippen LogP contribution in [0.5, 0.6) is 0 Å². The molecule has 0 spiro atoms. The molecule has 0 amide bonds. The number of alkyl halides is 3. The molecule has 3 heteroatoms. The lowest BCUT2D eigenvalue weighted by Gasteiger charge is -2.09. The average Bonchev–Trinajstić information content (AvgIpc) is 2.47. The highest BCUT2D eigenvalue weighted by molar-refractivity contribution is 5.67. The summed E-state index contributed by atoms with van der Waals surface area (Å²) in [6, 6.07) is 15.0. The molecule has 0 unspecified atom stereocenters. The molecule has 0 nitrogen and oxygen atoms in total. The van der Waals surface area contributed by atoms with Crippen molar-refractivity contribution in [3.8, 4) is 0 Å². The third-order valence-electron chi connectivity index (χ3n) is 3.10. The molecule has 0 fully saturated rings. The van der Waals surface area contributed by atoms with Gasteiger partial charge in [-0.3, -0.25) is 0 Å². The summed E-state index contributed by atoms with van der Waals surface area (Å²) in [6.45, 7) is 1.84. The highest BCUT2D eigenvalue weighted by Crippen LogP contribution is 2.30. The zero-order chi connectivity index (χ0) is 15.3. The van der Waals surface area contributed by atoms with Gasteiger partial charge in [0, 0.05) is 12.0 Å². The predicted octanol–water partition coefficient (Wildman–Crippen LogP) is 5.51. The van der Waals surface area contributed by atoms with Crippen LogP contribution in [0.15, 0.2) is 66.4 Å². The summed E-state index contributed by atoms with van der Waals surface area (Å²) < 4.78 is 37.8. The Bertz CT molecular complexity index is 643. The fourth-order valence-corrected chi connectivity index (χ4v) is 2.07. The maximum absolute atomic E-state index is 12.6. The Balaban J connectivity index is 2.30. The van der Waals surface area contributed by atoms with Gasteiger partial charge in [0.2, 0.25) is 0 Å². The van der Waals surface area contributed by atoms with Crippen LogP contribution in [0.25, 0.3) is 5.57 Å². The molecule has 0 atom stereocenters. The van der Waals surface area contributed by atoms with Crippen LogP contribution in [0.4, 0.5) is 13.2 Å². The molecule has 0 aromatic heterocycles. The predicted molar refractivity (Wildman–Crippen MR) is 78.8 cm³/mol. The molecule has 0 N–H and O–H groups in total. The molecule has 0 bridgehead atoms. The number of halogens is 3. The van der Waals surface area contributed by atoms with E-state index < -0.39 is 11.7 Å².